The van der Waals surface area contributed by atoms with Gasteiger partial charge in [0.05, 0.1) is 16.7 Å². The van der Waals surface area contributed by atoms with Crippen LogP contribution >= 0.6 is 0 Å². The molecule has 1 amide bonds. The summed E-state index contributed by atoms with van der Waals surface area (Å²) in [6.45, 7) is 3.76. The number of unbranched alkanes of at least 4 members (excludes halogenated alkanes) is 2. The van der Waals surface area contributed by atoms with E-state index in [0.29, 0.717) is 5.56 Å². The Bertz CT molecular complexity index is 799. The van der Waals surface area contributed by atoms with Gasteiger partial charge in [-0.05, 0) is 36.2 Å². The zero-order valence-corrected chi connectivity index (χ0v) is 16.3. The lowest BCUT2D eigenvalue weighted by molar-refractivity contribution is 0.0934. The van der Waals surface area contributed by atoms with Gasteiger partial charge < -0.3 is 5.32 Å². The third-order valence-corrected chi connectivity index (χ3v) is 6.21. The monoisotopic (exact) mass is 373 g/mol. The average Bonchev–Trinajstić information content (AvgIpc) is 2.68. The maximum absolute atomic E-state index is 12.6. The molecule has 1 atom stereocenters. The molecule has 0 aliphatic carbocycles. The molecule has 1 N–H and O–H groups in total. The van der Waals surface area contributed by atoms with Gasteiger partial charge in [0.25, 0.3) is 5.91 Å². The topological polar surface area (TPSA) is 63.2 Å². The molecule has 0 saturated heterocycles. The molecule has 0 saturated carbocycles. The first-order valence-electron chi connectivity index (χ1n) is 9.16. The second-order valence-corrected chi connectivity index (χ2v) is 8.64. The Balaban J connectivity index is 2.13. The molecule has 5 heteroatoms. The maximum Gasteiger partial charge on any atom is 0.251 e. The number of sulfone groups is 1. The lowest BCUT2D eigenvalue weighted by Gasteiger charge is -2.19. The highest BCUT2D eigenvalue weighted by atomic mass is 32.2. The first-order chi connectivity index (χ1) is 12.5. The number of amides is 1. The third kappa shape index (κ3) is 5.43. The van der Waals surface area contributed by atoms with Crippen LogP contribution in [0.1, 0.15) is 61.5 Å². The SMILES string of the molecule is CCCCCC(NC(=O)c1ccc(S(=O)(=O)CC)cc1)c1ccccc1. The zero-order chi connectivity index (χ0) is 19.0. The maximum atomic E-state index is 12.6. The van der Waals surface area contributed by atoms with E-state index < -0.39 is 9.84 Å². The van der Waals surface area contributed by atoms with E-state index in [1.54, 1.807) is 19.1 Å². The summed E-state index contributed by atoms with van der Waals surface area (Å²) in [6, 6.07) is 16.1. The molecule has 0 fully saturated rings. The van der Waals surface area contributed by atoms with Crippen molar-refractivity contribution in [2.45, 2.75) is 50.5 Å². The molecule has 0 radical (unpaired) electrons. The van der Waals surface area contributed by atoms with Crippen molar-refractivity contribution in [3.8, 4) is 0 Å². The highest BCUT2D eigenvalue weighted by Gasteiger charge is 2.17. The lowest BCUT2D eigenvalue weighted by atomic mass is 10.00. The Kier molecular flexibility index (Phi) is 7.39. The minimum absolute atomic E-state index is 0.0469. The van der Waals surface area contributed by atoms with Gasteiger partial charge in [-0.1, -0.05) is 63.4 Å². The predicted molar refractivity (Wildman–Crippen MR) is 105 cm³/mol. The number of hydrogen-bond donors (Lipinski definition) is 1. The van der Waals surface area contributed by atoms with Crippen molar-refractivity contribution in [3.63, 3.8) is 0 Å². The molecule has 0 heterocycles. The van der Waals surface area contributed by atoms with E-state index in [4.69, 9.17) is 0 Å². The number of nitrogens with one attached hydrogen (secondary N) is 1. The van der Waals surface area contributed by atoms with Gasteiger partial charge in [0.2, 0.25) is 0 Å². The second-order valence-electron chi connectivity index (χ2n) is 6.36. The molecule has 0 aliphatic heterocycles. The van der Waals surface area contributed by atoms with Crippen molar-refractivity contribution in [2.75, 3.05) is 5.75 Å². The zero-order valence-electron chi connectivity index (χ0n) is 15.4. The normalized spacial score (nSPS) is 12.5. The van der Waals surface area contributed by atoms with Crippen LogP contribution in [0, 0.1) is 0 Å². The Hall–Kier alpha value is -2.14. The Morgan fingerprint density at radius 3 is 2.19 bits per heavy atom. The first kappa shape index (κ1) is 20.2. The van der Waals surface area contributed by atoms with Gasteiger partial charge in [0.1, 0.15) is 0 Å². The summed E-state index contributed by atoms with van der Waals surface area (Å²) in [6.07, 6.45) is 4.18. The van der Waals surface area contributed by atoms with E-state index in [1.807, 2.05) is 30.3 Å². The van der Waals surface area contributed by atoms with Crippen LogP contribution in [-0.2, 0) is 9.84 Å². The number of benzene rings is 2. The fourth-order valence-electron chi connectivity index (χ4n) is 2.83. The minimum Gasteiger partial charge on any atom is -0.345 e. The third-order valence-electron chi connectivity index (χ3n) is 4.46. The van der Waals surface area contributed by atoms with Crippen LogP contribution in [-0.4, -0.2) is 20.1 Å². The molecule has 2 rings (SSSR count). The molecule has 2 aromatic carbocycles. The van der Waals surface area contributed by atoms with Crippen LogP contribution in [0.5, 0.6) is 0 Å². The van der Waals surface area contributed by atoms with Crippen LogP contribution in [0.4, 0.5) is 0 Å². The van der Waals surface area contributed by atoms with Gasteiger partial charge in [-0.3, -0.25) is 4.79 Å². The number of carbonyl (C=O) groups excluding carboxylic acids is 1. The van der Waals surface area contributed by atoms with Crippen molar-refractivity contribution >= 4 is 15.7 Å². The molecule has 0 bridgehead atoms. The number of carbonyl (C=O) groups is 1. The standard InChI is InChI=1S/C21H27NO3S/c1-3-5-7-12-20(17-10-8-6-9-11-17)22-21(23)18-13-15-19(16-14-18)26(24,25)4-2/h6,8-11,13-16,20H,3-5,7,12H2,1-2H3,(H,22,23). The van der Waals surface area contributed by atoms with Gasteiger partial charge in [-0.2, -0.15) is 0 Å². The predicted octanol–water partition coefficient (Wildman–Crippen LogP) is 4.53. The van der Waals surface area contributed by atoms with Crippen molar-refractivity contribution in [1.82, 2.24) is 5.32 Å². The van der Waals surface area contributed by atoms with E-state index in [2.05, 4.69) is 12.2 Å². The number of hydrogen-bond acceptors (Lipinski definition) is 3. The Morgan fingerprint density at radius 1 is 0.962 bits per heavy atom. The largest absolute Gasteiger partial charge is 0.345 e. The van der Waals surface area contributed by atoms with E-state index >= 15 is 0 Å². The summed E-state index contributed by atoms with van der Waals surface area (Å²) < 4.78 is 23.8. The lowest BCUT2D eigenvalue weighted by Crippen LogP contribution is -2.28. The van der Waals surface area contributed by atoms with Gasteiger partial charge in [0.15, 0.2) is 9.84 Å². The summed E-state index contributed by atoms with van der Waals surface area (Å²) >= 11 is 0. The van der Waals surface area contributed by atoms with Crippen molar-refractivity contribution in [2.24, 2.45) is 0 Å². The van der Waals surface area contributed by atoms with Crippen LogP contribution in [0.3, 0.4) is 0 Å². The van der Waals surface area contributed by atoms with E-state index in [1.165, 1.54) is 12.1 Å². The fourth-order valence-corrected chi connectivity index (χ4v) is 3.71. The van der Waals surface area contributed by atoms with E-state index in [0.717, 1.165) is 31.2 Å². The van der Waals surface area contributed by atoms with Crippen molar-refractivity contribution in [3.05, 3.63) is 65.7 Å². The van der Waals surface area contributed by atoms with Crippen LogP contribution in [0.2, 0.25) is 0 Å². The second kappa shape index (κ2) is 9.53. The molecule has 0 aromatic heterocycles. The fraction of sp³-hybridized carbons (Fsp3) is 0.381. The summed E-state index contributed by atoms with van der Waals surface area (Å²) in [5.74, 6) is -0.137. The highest BCUT2D eigenvalue weighted by Crippen LogP contribution is 2.21. The Labute approximate surface area is 156 Å². The molecular weight excluding hydrogens is 346 g/mol. The molecule has 1 unspecified atom stereocenters. The van der Waals surface area contributed by atoms with Crippen LogP contribution in [0.15, 0.2) is 59.5 Å². The highest BCUT2D eigenvalue weighted by molar-refractivity contribution is 7.91. The van der Waals surface area contributed by atoms with Crippen molar-refractivity contribution in [1.29, 1.82) is 0 Å². The summed E-state index contributed by atoms with van der Waals surface area (Å²) in [5.41, 5.74) is 1.55. The quantitative estimate of drug-likeness (QED) is 0.657. The molecule has 4 nitrogen and oxygen atoms in total. The molecule has 2 aromatic rings. The van der Waals surface area contributed by atoms with Gasteiger partial charge in [0, 0.05) is 5.56 Å². The van der Waals surface area contributed by atoms with Gasteiger partial charge >= 0.3 is 0 Å². The Morgan fingerprint density at radius 2 is 1.62 bits per heavy atom. The van der Waals surface area contributed by atoms with Crippen LogP contribution < -0.4 is 5.32 Å². The average molecular weight is 374 g/mol. The van der Waals surface area contributed by atoms with Crippen LogP contribution in [0.25, 0.3) is 0 Å². The molecule has 26 heavy (non-hydrogen) atoms. The van der Waals surface area contributed by atoms with Crippen molar-refractivity contribution < 1.29 is 13.2 Å². The summed E-state index contributed by atoms with van der Waals surface area (Å²) in [7, 11) is -3.25. The molecule has 140 valence electrons. The summed E-state index contributed by atoms with van der Waals surface area (Å²) in [4.78, 5) is 12.9. The summed E-state index contributed by atoms with van der Waals surface area (Å²) in [5, 5.41) is 3.09. The first-order valence-corrected chi connectivity index (χ1v) is 10.8. The molecule has 0 aliphatic rings. The van der Waals surface area contributed by atoms with E-state index in [-0.39, 0.29) is 22.6 Å². The molecule has 0 spiro atoms. The minimum atomic E-state index is -3.25. The van der Waals surface area contributed by atoms with Gasteiger partial charge in [-0.15, -0.1) is 0 Å². The smallest absolute Gasteiger partial charge is 0.251 e. The van der Waals surface area contributed by atoms with Gasteiger partial charge in [-0.25, -0.2) is 8.42 Å². The number of rotatable bonds is 9. The van der Waals surface area contributed by atoms with E-state index in [9.17, 15) is 13.2 Å². The molecular formula is C21H27NO3S.